The van der Waals surface area contributed by atoms with Crippen LogP contribution >= 0.6 is 0 Å². The Morgan fingerprint density at radius 1 is 0.373 bits per heavy atom. The second-order valence-electron chi connectivity index (χ2n) is 15.3. The highest BCUT2D eigenvalue weighted by Gasteiger charge is 2.23. The van der Waals surface area contributed by atoms with Crippen LogP contribution in [-0.4, -0.2) is 19.1 Å². The maximum absolute atomic E-state index is 6.19. The van der Waals surface area contributed by atoms with Crippen molar-refractivity contribution in [2.75, 3.05) is 0 Å². The number of rotatable bonds is 4. The molecule has 5 nitrogen and oxygen atoms in total. The molecule has 5 heteroatoms. The van der Waals surface area contributed by atoms with E-state index in [2.05, 4.69) is 185 Å². The van der Waals surface area contributed by atoms with Crippen LogP contribution in [0.4, 0.5) is 0 Å². The largest absolute Gasteiger partial charge is 0.456 e. The first-order valence-electron chi connectivity index (χ1n) is 20.0. The van der Waals surface area contributed by atoms with Crippen molar-refractivity contribution in [2.24, 2.45) is 0 Å². The van der Waals surface area contributed by atoms with Crippen LogP contribution in [0.3, 0.4) is 0 Å². The highest BCUT2D eigenvalue weighted by Crippen LogP contribution is 2.44. The lowest BCUT2D eigenvalue weighted by atomic mass is 10.0. The average molecular weight is 753 g/mol. The molecule has 0 bridgehead atoms. The van der Waals surface area contributed by atoms with Crippen LogP contribution in [0.2, 0.25) is 0 Å². The van der Waals surface area contributed by atoms with Crippen LogP contribution < -0.4 is 0 Å². The lowest BCUT2D eigenvalue weighted by Crippen LogP contribution is -1.99. The van der Waals surface area contributed by atoms with E-state index in [9.17, 15) is 0 Å². The zero-order chi connectivity index (χ0) is 38.6. The minimum Gasteiger partial charge on any atom is -0.456 e. The number of hydrogen-bond acceptors (Lipinski definition) is 3. The molecule has 59 heavy (non-hydrogen) atoms. The maximum Gasteiger partial charge on any atom is 0.160 e. The van der Waals surface area contributed by atoms with Gasteiger partial charge >= 0.3 is 0 Å². The second kappa shape index (κ2) is 12.2. The molecule has 0 spiro atoms. The molecular weight excluding hydrogens is 721 g/mol. The summed E-state index contributed by atoms with van der Waals surface area (Å²) in [5, 5.41) is 10.5. The van der Waals surface area contributed by atoms with Crippen molar-refractivity contribution in [2.45, 2.75) is 0 Å². The summed E-state index contributed by atoms with van der Waals surface area (Å²) >= 11 is 0. The molecule has 0 saturated heterocycles. The molecule has 0 N–H and O–H groups in total. The molecule has 0 unspecified atom stereocenters. The molecule has 4 aromatic heterocycles. The summed E-state index contributed by atoms with van der Waals surface area (Å²) in [6.45, 7) is 0. The van der Waals surface area contributed by atoms with Crippen molar-refractivity contribution < 1.29 is 4.42 Å². The van der Waals surface area contributed by atoms with Crippen molar-refractivity contribution >= 4 is 87.2 Å². The summed E-state index contributed by atoms with van der Waals surface area (Å²) in [4.78, 5) is 10.5. The SMILES string of the molecule is c1cc(-c2nc(-c3ccc4oc5ccccc5c4c3)c3ccccc3n2)cc(-n2c3ccccc3c3c(-n4c5ccccc5c5ccccc54)c4ccccc4cc32)c1. The number of para-hydroxylation sites is 5. The fraction of sp³-hybridized carbons (Fsp3) is 0. The smallest absolute Gasteiger partial charge is 0.160 e. The van der Waals surface area contributed by atoms with Gasteiger partial charge in [-0.05, 0) is 72.1 Å². The number of benzene rings is 9. The van der Waals surface area contributed by atoms with Gasteiger partial charge in [0.1, 0.15) is 11.2 Å². The summed E-state index contributed by atoms with van der Waals surface area (Å²) in [6.07, 6.45) is 0. The van der Waals surface area contributed by atoms with Crippen LogP contribution in [-0.2, 0) is 0 Å². The predicted molar refractivity (Wildman–Crippen MR) is 244 cm³/mol. The Morgan fingerprint density at radius 2 is 1.00 bits per heavy atom. The van der Waals surface area contributed by atoms with Crippen molar-refractivity contribution in [1.82, 2.24) is 19.1 Å². The van der Waals surface area contributed by atoms with Gasteiger partial charge in [-0.15, -0.1) is 0 Å². The van der Waals surface area contributed by atoms with Gasteiger partial charge in [-0.3, -0.25) is 0 Å². The molecule has 0 saturated carbocycles. The topological polar surface area (TPSA) is 48.8 Å². The minimum absolute atomic E-state index is 0.676. The van der Waals surface area contributed by atoms with Gasteiger partial charge in [0.2, 0.25) is 0 Å². The van der Waals surface area contributed by atoms with E-state index in [0.29, 0.717) is 5.82 Å². The first-order chi connectivity index (χ1) is 29.3. The number of aromatic nitrogens is 4. The highest BCUT2D eigenvalue weighted by atomic mass is 16.3. The zero-order valence-electron chi connectivity index (χ0n) is 31.7. The summed E-state index contributed by atoms with van der Waals surface area (Å²) < 4.78 is 11.1. The Hall–Kier alpha value is -8.02. The van der Waals surface area contributed by atoms with E-state index >= 15 is 0 Å². The lowest BCUT2D eigenvalue weighted by Gasteiger charge is -2.15. The quantitative estimate of drug-likeness (QED) is 0.180. The Labute approximate surface area is 337 Å². The molecule has 13 rings (SSSR count). The first kappa shape index (κ1) is 32.1. The fourth-order valence-electron chi connectivity index (χ4n) is 9.52. The van der Waals surface area contributed by atoms with E-state index in [1.54, 1.807) is 0 Å². The third-order valence-corrected chi connectivity index (χ3v) is 12.1. The van der Waals surface area contributed by atoms with Crippen molar-refractivity contribution in [3.8, 4) is 34.0 Å². The molecule has 9 aromatic carbocycles. The van der Waals surface area contributed by atoms with E-state index in [1.165, 1.54) is 49.0 Å². The van der Waals surface area contributed by atoms with E-state index in [-0.39, 0.29) is 0 Å². The van der Waals surface area contributed by atoms with Gasteiger partial charge in [-0.2, -0.15) is 0 Å². The van der Waals surface area contributed by atoms with E-state index in [4.69, 9.17) is 14.4 Å². The minimum atomic E-state index is 0.676. The summed E-state index contributed by atoms with van der Waals surface area (Å²) in [5.41, 5.74) is 12.4. The van der Waals surface area contributed by atoms with Gasteiger partial charge in [0.25, 0.3) is 0 Å². The molecule has 0 aliphatic heterocycles. The van der Waals surface area contributed by atoms with Gasteiger partial charge in [0, 0.05) is 59.9 Å². The summed E-state index contributed by atoms with van der Waals surface area (Å²) in [5.74, 6) is 0.676. The average Bonchev–Trinajstić information content (AvgIpc) is 3.95. The first-order valence-corrected chi connectivity index (χ1v) is 20.0. The molecule has 0 fully saturated rings. The molecular formula is C54H32N4O. The zero-order valence-corrected chi connectivity index (χ0v) is 31.7. The van der Waals surface area contributed by atoms with Crippen LogP contribution in [0, 0.1) is 0 Å². The maximum atomic E-state index is 6.19. The standard InChI is InChI=1S/C54H32N4O/c1-2-17-37-33(14-1)32-48-51(53(37)58-45-24-9-4-18-38(45)39-19-5-10-25-46(39)58)42-22-6-11-26-47(42)57(48)36-16-13-15-35(30-36)54-55-44-23-8-3-21-41(44)52(56-54)34-28-29-50-43(31-34)40-20-7-12-27-49(40)59-50/h1-32H. The normalized spacial score (nSPS) is 12.1. The number of hydrogen-bond donors (Lipinski definition) is 0. The van der Waals surface area contributed by atoms with Gasteiger partial charge in [-0.25, -0.2) is 9.97 Å². The number of furan rings is 1. The second-order valence-corrected chi connectivity index (χ2v) is 15.3. The Bertz CT molecular complexity index is 3810. The summed E-state index contributed by atoms with van der Waals surface area (Å²) in [6, 6.07) is 69.0. The molecule has 0 amide bonds. The van der Waals surface area contributed by atoms with Crippen molar-refractivity contribution in [3.63, 3.8) is 0 Å². The van der Waals surface area contributed by atoms with E-state index < -0.39 is 0 Å². The third-order valence-electron chi connectivity index (χ3n) is 12.1. The molecule has 0 atom stereocenters. The fourth-order valence-corrected chi connectivity index (χ4v) is 9.52. The van der Waals surface area contributed by atoms with Crippen LogP contribution in [0.25, 0.3) is 121 Å². The highest BCUT2D eigenvalue weighted by molar-refractivity contribution is 6.22. The molecule has 274 valence electrons. The Kier molecular flexibility index (Phi) is 6.66. The Balaban J connectivity index is 1.06. The monoisotopic (exact) mass is 752 g/mol. The van der Waals surface area contributed by atoms with Crippen LogP contribution in [0.1, 0.15) is 0 Å². The van der Waals surface area contributed by atoms with Gasteiger partial charge in [0.05, 0.1) is 39.0 Å². The van der Waals surface area contributed by atoms with Gasteiger partial charge < -0.3 is 13.6 Å². The van der Waals surface area contributed by atoms with Gasteiger partial charge in [0.15, 0.2) is 5.82 Å². The molecule has 0 radical (unpaired) electrons. The molecule has 0 aliphatic rings. The summed E-state index contributed by atoms with van der Waals surface area (Å²) in [7, 11) is 0. The van der Waals surface area contributed by atoms with E-state index in [1.807, 2.05) is 18.2 Å². The lowest BCUT2D eigenvalue weighted by molar-refractivity contribution is 0.669. The van der Waals surface area contributed by atoms with Crippen molar-refractivity contribution in [3.05, 3.63) is 194 Å². The Morgan fingerprint density at radius 3 is 1.80 bits per heavy atom. The number of nitrogens with zero attached hydrogens (tertiary/aromatic N) is 4. The molecule has 0 aliphatic carbocycles. The van der Waals surface area contributed by atoms with E-state index in [0.717, 1.165) is 66.4 Å². The van der Waals surface area contributed by atoms with Crippen LogP contribution in [0.5, 0.6) is 0 Å². The van der Waals surface area contributed by atoms with Gasteiger partial charge in [-0.1, -0.05) is 127 Å². The molecule has 4 heterocycles. The third kappa shape index (κ3) is 4.67. The van der Waals surface area contributed by atoms with Crippen molar-refractivity contribution in [1.29, 1.82) is 0 Å². The van der Waals surface area contributed by atoms with Crippen LogP contribution in [0.15, 0.2) is 199 Å². The molecule has 13 aromatic rings. The number of fused-ring (bicyclic) bond motifs is 11. The predicted octanol–water partition coefficient (Wildman–Crippen LogP) is 14.2.